The van der Waals surface area contributed by atoms with E-state index in [1.54, 1.807) is 0 Å². The lowest BCUT2D eigenvalue weighted by Gasteiger charge is -2.21. The molecule has 3 heteroatoms. The van der Waals surface area contributed by atoms with Crippen LogP contribution in [0.3, 0.4) is 0 Å². The van der Waals surface area contributed by atoms with E-state index in [1.165, 1.54) is 77.9 Å². The molecule has 0 amide bonds. The van der Waals surface area contributed by atoms with Crippen molar-refractivity contribution in [2.24, 2.45) is 5.41 Å². The lowest BCUT2D eigenvalue weighted by molar-refractivity contribution is 0.285. The Labute approximate surface area is 106 Å². The van der Waals surface area contributed by atoms with Crippen molar-refractivity contribution in [2.75, 3.05) is 45.8 Å². The fourth-order valence-electron chi connectivity index (χ4n) is 2.94. The molecular weight excluding hydrogens is 210 g/mol. The molecule has 2 fully saturated rings. The van der Waals surface area contributed by atoms with Crippen molar-refractivity contribution < 1.29 is 0 Å². The molecule has 100 valence electrons. The lowest BCUT2D eigenvalue weighted by atomic mass is 10.0. The van der Waals surface area contributed by atoms with Gasteiger partial charge in [0.25, 0.3) is 0 Å². The Morgan fingerprint density at radius 1 is 1.24 bits per heavy atom. The van der Waals surface area contributed by atoms with Crippen molar-refractivity contribution in [3.63, 3.8) is 0 Å². The minimum absolute atomic E-state index is 0.703. The van der Waals surface area contributed by atoms with E-state index in [4.69, 9.17) is 0 Å². The summed E-state index contributed by atoms with van der Waals surface area (Å²) in [5.74, 6) is 0. The summed E-state index contributed by atoms with van der Waals surface area (Å²) in [5, 5.41) is 7.14. The highest BCUT2D eigenvalue weighted by Crippen LogP contribution is 2.48. The van der Waals surface area contributed by atoms with E-state index in [2.05, 4.69) is 22.5 Å². The number of nitrogens with zero attached hydrogens (tertiary/aromatic N) is 1. The molecule has 0 unspecified atom stereocenters. The van der Waals surface area contributed by atoms with Gasteiger partial charge in [-0.05, 0) is 44.2 Å². The average molecular weight is 239 g/mol. The predicted octanol–water partition coefficient (Wildman–Crippen LogP) is 1.45. The highest BCUT2D eigenvalue weighted by molar-refractivity contribution is 4.94. The van der Waals surface area contributed by atoms with Crippen LogP contribution in [0.25, 0.3) is 0 Å². The number of nitrogens with one attached hydrogen (secondary N) is 2. The van der Waals surface area contributed by atoms with Crippen LogP contribution in [0.1, 0.15) is 39.0 Å². The zero-order valence-electron chi connectivity index (χ0n) is 11.4. The van der Waals surface area contributed by atoms with Crippen LogP contribution in [0.15, 0.2) is 0 Å². The smallest absolute Gasteiger partial charge is 0.0107 e. The van der Waals surface area contributed by atoms with Crippen molar-refractivity contribution in [1.82, 2.24) is 15.5 Å². The molecule has 1 aliphatic carbocycles. The van der Waals surface area contributed by atoms with Crippen molar-refractivity contribution >= 4 is 0 Å². The maximum absolute atomic E-state index is 3.68. The zero-order chi connectivity index (χ0) is 12.0. The second kappa shape index (κ2) is 6.72. The highest BCUT2D eigenvalue weighted by Gasteiger charge is 2.40. The Balaban J connectivity index is 1.53. The van der Waals surface area contributed by atoms with Crippen LogP contribution in [0, 0.1) is 5.41 Å². The van der Waals surface area contributed by atoms with E-state index < -0.39 is 0 Å². The van der Waals surface area contributed by atoms with Gasteiger partial charge in [-0.15, -0.1) is 0 Å². The van der Waals surface area contributed by atoms with E-state index in [0.717, 1.165) is 0 Å². The van der Waals surface area contributed by atoms with Gasteiger partial charge in [-0.25, -0.2) is 0 Å². The first kappa shape index (κ1) is 13.3. The highest BCUT2D eigenvalue weighted by atomic mass is 15.2. The van der Waals surface area contributed by atoms with Crippen LogP contribution < -0.4 is 10.6 Å². The molecule has 1 heterocycles. The Hall–Kier alpha value is -0.120. The zero-order valence-corrected chi connectivity index (χ0v) is 11.4. The third-order valence-electron chi connectivity index (χ3n) is 4.27. The minimum atomic E-state index is 0.703. The van der Waals surface area contributed by atoms with Gasteiger partial charge >= 0.3 is 0 Å². The first-order valence-electron chi connectivity index (χ1n) is 7.48. The summed E-state index contributed by atoms with van der Waals surface area (Å²) < 4.78 is 0. The van der Waals surface area contributed by atoms with Crippen LogP contribution in [0.4, 0.5) is 0 Å². The van der Waals surface area contributed by atoms with E-state index in [9.17, 15) is 0 Å². The largest absolute Gasteiger partial charge is 0.315 e. The summed E-state index contributed by atoms with van der Waals surface area (Å²) in [4.78, 5) is 2.59. The first-order chi connectivity index (χ1) is 8.35. The van der Waals surface area contributed by atoms with Gasteiger partial charge in [0.1, 0.15) is 0 Å². The Morgan fingerprint density at radius 2 is 2.12 bits per heavy atom. The molecule has 3 nitrogen and oxygen atoms in total. The lowest BCUT2D eigenvalue weighted by Crippen LogP contribution is -2.36. The van der Waals surface area contributed by atoms with Crippen LogP contribution in [-0.4, -0.2) is 50.7 Å². The van der Waals surface area contributed by atoms with Crippen molar-refractivity contribution in [1.29, 1.82) is 0 Å². The molecule has 0 aromatic heterocycles. The molecule has 1 saturated heterocycles. The van der Waals surface area contributed by atoms with E-state index >= 15 is 0 Å². The van der Waals surface area contributed by atoms with Gasteiger partial charge in [-0.1, -0.05) is 13.3 Å². The van der Waals surface area contributed by atoms with Crippen molar-refractivity contribution in [3.8, 4) is 0 Å². The molecule has 1 aliphatic heterocycles. The molecule has 2 N–H and O–H groups in total. The second-order valence-electron chi connectivity index (χ2n) is 5.87. The van der Waals surface area contributed by atoms with Crippen LogP contribution in [-0.2, 0) is 0 Å². The van der Waals surface area contributed by atoms with E-state index in [-0.39, 0.29) is 0 Å². The molecule has 0 aromatic carbocycles. The Morgan fingerprint density at radius 3 is 2.88 bits per heavy atom. The summed E-state index contributed by atoms with van der Waals surface area (Å²) >= 11 is 0. The quantitative estimate of drug-likeness (QED) is 0.659. The number of hydrogen-bond donors (Lipinski definition) is 2. The summed E-state index contributed by atoms with van der Waals surface area (Å²) in [7, 11) is 0. The van der Waals surface area contributed by atoms with Crippen LogP contribution in [0.5, 0.6) is 0 Å². The summed E-state index contributed by atoms with van der Waals surface area (Å²) in [5.41, 5.74) is 0.703. The standard InChI is InChI=1S/C14H29N3/c1-2-4-14(5-6-14)13-16-9-12-17-10-3-7-15-8-11-17/h15-16H,2-13H2,1H3. The molecule has 17 heavy (non-hydrogen) atoms. The third-order valence-corrected chi connectivity index (χ3v) is 4.27. The summed E-state index contributed by atoms with van der Waals surface area (Å²) in [6.45, 7) is 10.8. The molecule has 0 spiro atoms. The molecule has 0 aromatic rings. The monoisotopic (exact) mass is 239 g/mol. The van der Waals surface area contributed by atoms with Gasteiger partial charge in [0.2, 0.25) is 0 Å². The molecule has 2 aliphatic rings. The predicted molar refractivity (Wildman–Crippen MR) is 73.4 cm³/mol. The molecule has 2 rings (SSSR count). The maximum Gasteiger partial charge on any atom is 0.0107 e. The van der Waals surface area contributed by atoms with E-state index in [1.807, 2.05) is 0 Å². The Kier molecular flexibility index (Phi) is 5.26. The minimum Gasteiger partial charge on any atom is -0.315 e. The van der Waals surface area contributed by atoms with Crippen LogP contribution in [0.2, 0.25) is 0 Å². The second-order valence-corrected chi connectivity index (χ2v) is 5.87. The number of rotatable bonds is 7. The van der Waals surface area contributed by atoms with E-state index in [0.29, 0.717) is 5.41 Å². The van der Waals surface area contributed by atoms with Crippen molar-refractivity contribution in [2.45, 2.75) is 39.0 Å². The average Bonchev–Trinajstić information content (AvgIpc) is 3.10. The van der Waals surface area contributed by atoms with Gasteiger partial charge < -0.3 is 15.5 Å². The molecular formula is C14H29N3. The first-order valence-corrected chi connectivity index (χ1v) is 7.48. The molecule has 0 bridgehead atoms. The fourth-order valence-corrected chi connectivity index (χ4v) is 2.94. The normalized spacial score (nSPS) is 24.5. The molecule has 1 saturated carbocycles. The summed E-state index contributed by atoms with van der Waals surface area (Å²) in [6, 6.07) is 0. The van der Waals surface area contributed by atoms with Gasteiger partial charge in [0.05, 0.1) is 0 Å². The summed E-state index contributed by atoms with van der Waals surface area (Å²) in [6.07, 6.45) is 7.00. The van der Waals surface area contributed by atoms with Gasteiger partial charge in [-0.2, -0.15) is 0 Å². The third kappa shape index (κ3) is 4.57. The Bertz CT molecular complexity index is 206. The topological polar surface area (TPSA) is 27.3 Å². The van der Waals surface area contributed by atoms with Crippen molar-refractivity contribution in [3.05, 3.63) is 0 Å². The van der Waals surface area contributed by atoms with Gasteiger partial charge in [0.15, 0.2) is 0 Å². The number of hydrogen-bond acceptors (Lipinski definition) is 3. The van der Waals surface area contributed by atoms with Gasteiger partial charge in [-0.3, -0.25) is 0 Å². The van der Waals surface area contributed by atoms with Gasteiger partial charge in [0, 0.05) is 32.7 Å². The maximum atomic E-state index is 3.68. The SMILES string of the molecule is CCCC1(CNCCN2CCCNCC2)CC1. The van der Waals surface area contributed by atoms with Crippen LogP contribution >= 0.6 is 0 Å². The molecule has 0 radical (unpaired) electrons. The molecule has 0 atom stereocenters. The fraction of sp³-hybridized carbons (Fsp3) is 1.00.